The smallest absolute Gasteiger partial charge is 0.187 e. The lowest BCUT2D eigenvalue weighted by atomic mass is 9.79. The molecule has 1 aliphatic rings. The fourth-order valence-corrected chi connectivity index (χ4v) is 3.94. The van der Waals surface area contributed by atoms with Gasteiger partial charge in [-0.15, -0.1) is 0 Å². The van der Waals surface area contributed by atoms with Gasteiger partial charge in [0.1, 0.15) is 11.7 Å². The van der Waals surface area contributed by atoms with Gasteiger partial charge in [0, 0.05) is 0 Å². The van der Waals surface area contributed by atoms with Gasteiger partial charge in [0.25, 0.3) is 0 Å². The lowest BCUT2D eigenvalue weighted by molar-refractivity contribution is -0.180. The minimum Gasteiger partial charge on any atom is -0.365 e. The van der Waals surface area contributed by atoms with Gasteiger partial charge in [0.05, 0.1) is 6.10 Å². The summed E-state index contributed by atoms with van der Waals surface area (Å²) < 4.78 is 12.3. The Labute approximate surface area is 176 Å². The van der Waals surface area contributed by atoms with Crippen LogP contribution in [0.4, 0.5) is 0 Å². The lowest BCUT2D eigenvalue weighted by Crippen LogP contribution is -2.46. The summed E-state index contributed by atoms with van der Waals surface area (Å²) >= 11 is 0. The van der Waals surface area contributed by atoms with Crippen LogP contribution < -0.4 is 0 Å². The summed E-state index contributed by atoms with van der Waals surface area (Å²) in [5.74, 6) is -0.226. The van der Waals surface area contributed by atoms with E-state index in [0.717, 1.165) is 16.7 Å². The second-order valence-electron chi connectivity index (χ2n) is 7.31. The highest BCUT2D eigenvalue weighted by Gasteiger charge is 2.42. The van der Waals surface area contributed by atoms with Crippen LogP contribution in [0.3, 0.4) is 0 Å². The first-order valence-corrected chi connectivity index (χ1v) is 10.0. The topological polar surface area (TPSA) is 55.8 Å². The van der Waals surface area contributed by atoms with Gasteiger partial charge in [-0.3, -0.25) is 4.79 Å². The van der Waals surface area contributed by atoms with Crippen LogP contribution in [-0.4, -0.2) is 29.4 Å². The molecule has 0 fully saturated rings. The fourth-order valence-electron chi connectivity index (χ4n) is 3.94. The molecule has 0 spiro atoms. The third kappa shape index (κ3) is 3.85. The van der Waals surface area contributed by atoms with E-state index in [-0.39, 0.29) is 5.78 Å². The predicted molar refractivity (Wildman–Crippen MR) is 115 cm³/mol. The molecule has 0 aromatic heterocycles. The Morgan fingerprint density at radius 3 is 1.70 bits per heavy atom. The summed E-state index contributed by atoms with van der Waals surface area (Å²) in [7, 11) is 0. The number of benzene rings is 3. The SMILES string of the molecule is C[C@H](OC(c1ccccc1)(c1ccccc1)c1ccccc1)[C@@H]1OC(O)C=CC1=O. The summed E-state index contributed by atoms with van der Waals surface area (Å²) in [6.45, 7) is 1.80. The zero-order chi connectivity index (χ0) is 21.0. The maximum absolute atomic E-state index is 12.5. The van der Waals surface area contributed by atoms with Gasteiger partial charge in [0.15, 0.2) is 12.1 Å². The summed E-state index contributed by atoms with van der Waals surface area (Å²) in [5.41, 5.74) is 1.86. The largest absolute Gasteiger partial charge is 0.365 e. The molecule has 1 heterocycles. The van der Waals surface area contributed by atoms with Gasteiger partial charge in [-0.2, -0.15) is 0 Å². The number of ether oxygens (including phenoxy) is 2. The highest BCUT2D eigenvalue weighted by Crippen LogP contribution is 2.42. The van der Waals surface area contributed by atoms with Crippen molar-refractivity contribution in [1.82, 2.24) is 0 Å². The first kappa shape index (κ1) is 20.2. The molecule has 4 rings (SSSR count). The van der Waals surface area contributed by atoms with Crippen LogP contribution in [0.25, 0.3) is 0 Å². The number of rotatable bonds is 6. The van der Waals surface area contributed by atoms with Crippen molar-refractivity contribution in [3.05, 3.63) is 120 Å². The van der Waals surface area contributed by atoms with Crippen molar-refractivity contribution in [3.8, 4) is 0 Å². The maximum atomic E-state index is 12.5. The van der Waals surface area contributed by atoms with E-state index in [1.807, 2.05) is 91.0 Å². The predicted octanol–water partition coefficient (Wildman–Crippen LogP) is 4.23. The Morgan fingerprint density at radius 1 is 0.833 bits per heavy atom. The fraction of sp³-hybridized carbons (Fsp3) is 0.192. The van der Waals surface area contributed by atoms with Gasteiger partial charge in [-0.05, 0) is 35.8 Å². The molecule has 0 aliphatic carbocycles. The molecular weight excluding hydrogens is 376 g/mol. The van der Waals surface area contributed by atoms with Crippen LogP contribution in [-0.2, 0) is 19.9 Å². The second-order valence-corrected chi connectivity index (χ2v) is 7.31. The zero-order valence-electron chi connectivity index (χ0n) is 16.7. The Bertz CT molecular complexity index is 902. The molecule has 0 bridgehead atoms. The van der Waals surface area contributed by atoms with Gasteiger partial charge >= 0.3 is 0 Å². The average Bonchev–Trinajstić information content (AvgIpc) is 2.80. The van der Waals surface area contributed by atoms with Crippen molar-refractivity contribution in [1.29, 1.82) is 0 Å². The normalized spacial score (nSPS) is 20.1. The van der Waals surface area contributed by atoms with Crippen LogP contribution in [0.1, 0.15) is 23.6 Å². The Kier molecular flexibility index (Phi) is 5.91. The number of aliphatic hydroxyl groups is 1. The first-order valence-electron chi connectivity index (χ1n) is 10.0. The van der Waals surface area contributed by atoms with Crippen LogP contribution in [0.2, 0.25) is 0 Å². The number of carbonyl (C=O) groups excluding carboxylic acids is 1. The summed E-state index contributed by atoms with van der Waals surface area (Å²) in [6.07, 6.45) is 0.0368. The molecule has 30 heavy (non-hydrogen) atoms. The average molecular weight is 400 g/mol. The zero-order valence-corrected chi connectivity index (χ0v) is 16.7. The number of hydrogen-bond donors (Lipinski definition) is 1. The molecule has 1 aliphatic heterocycles. The number of hydrogen-bond acceptors (Lipinski definition) is 4. The van der Waals surface area contributed by atoms with Crippen molar-refractivity contribution >= 4 is 5.78 Å². The Morgan fingerprint density at radius 2 is 1.27 bits per heavy atom. The van der Waals surface area contributed by atoms with E-state index in [2.05, 4.69) is 0 Å². The third-order valence-electron chi connectivity index (χ3n) is 5.32. The van der Waals surface area contributed by atoms with Crippen LogP contribution in [0.15, 0.2) is 103 Å². The van der Waals surface area contributed by atoms with Crippen molar-refractivity contribution in [3.63, 3.8) is 0 Å². The Balaban J connectivity index is 1.87. The van der Waals surface area contributed by atoms with E-state index < -0.39 is 24.1 Å². The minimum atomic E-state index is -1.13. The molecular formula is C26H24O4. The summed E-state index contributed by atoms with van der Waals surface area (Å²) in [6, 6.07) is 29.8. The number of aliphatic hydroxyl groups excluding tert-OH is 1. The molecule has 0 saturated carbocycles. The van der Waals surface area contributed by atoms with Crippen molar-refractivity contribution in [2.45, 2.75) is 31.0 Å². The second kappa shape index (κ2) is 8.76. The summed E-state index contributed by atoms with van der Waals surface area (Å²) in [4.78, 5) is 12.5. The van der Waals surface area contributed by atoms with Gasteiger partial charge in [0.2, 0.25) is 0 Å². The quantitative estimate of drug-likeness (QED) is 0.630. The molecule has 152 valence electrons. The molecule has 3 aromatic carbocycles. The van der Waals surface area contributed by atoms with E-state index in [1.165, 1.54) is 12.2 Å². The summed E-state index contributed by atoms with van der Waals surface area (Å²) in [5, 5.41) is 9.88. The standard InChI is InChI=1S/C26H24O4/c1-19(25-23(27)17-18-24(28)29-25)30-26(20-11-5-2-6-12-20,21-13-7-3-8-14-21)22-15-9-4-10-16-22/h2-19,24-25,28H,1H3/t19-,24?,25-/m0/s1. The Hall–Kier alpha value is -3.05. The minimum absolute atomic E-state index is 0.226. The van der Waals surface area contributed by atoms with E-state index in [0.29, 0.717) is 0 Å². The first-order chi connectivity index (χ1) is 14.6. The van der Waals surface area contributed by atoms with Gasteiger partial charge in [-0.25, -0.2) is 0 Å². The molecule has 1 unspecified atom stereocenters. The highest BCUT2D eigenvalue weighted by molar-refractivity contribution is 5.94. The van der Waals surface area contributed by atoms with Crippen molar-refractivity contribution in [2.24, 2.45) is 0 Å². The van der Waals surface area contributed by atoms with Gasteiger partial charge < -0.3 is 14.6 Å². The third-order valence-corrected chi connectivity index (χ3v) is 5.32. The molecule has 1 N–H and O–H groups in total. The molecule has 0 saturated heterocycles. The molecule has 0 radical (unpaired) electrons. The molecule has 4 heteroatoms. The van der Waals surface area contributed by atoms with Gasteiger partial charge in [-0.1, -0.05) is 91.0 Å². The molecule has 4 nitrogen and oxygen atoms in total. The highest BCUT2D eigenvalue weighted by atomic mass is 16.6. The van der Waals surface area contributed by atoms with E-state index in [9.17, 15) is 9.90 Å². The van der Waals surface area contributed by atoms with E-state index in [4.69, 9.17) is 9.47 Å². The lowest BCUT2D eigenvalue weighted by Gasteiger charge is -2.40. The van der Waals surface area contributed by atoms with E-state index >= 15 is 0 Å². The monoisotopic (exact) mass is 400 g/mol. The number of carbonyl (C=O) groups is 1. The molecule has 3 aromatic rings. The molecule has 3 atom stereocenters. The van der Waals surface area contributed by atoms with Crippen LogP contribution >= 0.6 is 0 Å². The maximum Gasteiger partial charge on any atom is 0.187 e. The number of ketones is 1. The van der Waals surface area contributed by atoms with E-state index in [1.54, 1.807) is 6.92 Å². The van der Waals surface area contributed by atoms with Crippen LogP contribution in [0, 0.1) is 0 Å². The van der Waals surface area contributed by atoms with Crippen LogP contribution in [0.5, 0.6) is 0 Å². The molecule has 0 amide bonds. The van der Waals surface area contributed by atoms with Crippen molar-refractivity contribution < 1.29 is 19.4 Å². The van der Waals surface area contributed by atoms with Crippen molar-refractivity contribution in [2.75, 3.05) is 0 Å².